The van der Waals surface area contributed by atoms with Crippen molar-refractivity contribution in [3.8, 4) is 5.88 Å². The molecule has 2 heterocycles. The van der Waals surface area contributed by atoms with Crippen LogP contribution < -0.4 is 4.74 Å². The lowest BCUT2D eigenvalue weighted by molar-refractivity contribution is 0.252. The molecule has 2 rings (SSSR count). The quantitative estimate of drug-likeness (QED) is 0.771. The van der Waals surface area contributed by atoms with Gasteiger partial charge in [0.25, 0.3) is 0 Å². The number of rotatable bonds is 6. The second-order valence-corrected chi connectivity index (χ2v) is 4.91. The predicted molar refractivity (Wildman–Crippen MR) is 73.9 cm³/mol. The highest BCUT2D eigenvalue weighted by Gasteiger charge is 2.25. The average molecular weight is 248 g/mol. The summed E-state index contributed by atoms with van der Waals surface area (Å²) in [5, 5.41) is 0. The van der Waals surface area contributed by atoms with E-state index >= 15 is 0 Å². The van der Waals surface area contributed by atoms with Gasteiger partial charge in [-0.05, 0) is 44.8 Å². The van der Waals surface area contributed by atoms with Crippen molar-refractivity contribution >= 4 is 0 Å². The molecule has 0 saturated carbocycles. The van der Waals surface area contributed by atoms with Gasteiger partial charge < -0.3 is 4.74 Å². The van der Waals surface area contributed by atoms with E-state index in [0.29, 0.717) is 12.6 Å². The van der Waals surface area contributed by atoms with Crippen molar-refractivity contribution in [1.82, 2.24) is 9.88 Å². The van der Waals surface area contributed by atoms with Crippen LogP contribution in [0, 0.1) is 0 Å². The van der Waals surface area contributed by atoms with Crippen molar-refractivity contribution in [2.75, 3.05) is 19.7 Å². The summed E-state index contributed by atoms with van der Waals surface area (Å²) in [6.07, 6.45) is 7.12. The van der Waals surface area contributed by atoms with Crippen LogP contribution in [0.4, 0.5) is 0 Å². The first-order valence-electron chi connectivity index (χ1n) is 7.18. The first-order chi connectivity index (χ1) is 8.85. The maximum atomic E-state index is 5.39. The van der Waals surface area contributed by atoms with E-state index in [1.807, 2.05) is 19.2 Å². The molecular weight excluding hydrogens is 224 g/mol. The first kappa shape index (κ1) is 13.3. The zero-order valence-corrected chi connectivity index (χ0v) is 11.6. The van der Waals surface area contributed by atoms with E-state index in [2.05, 4.69) is 22.9 Å². The maximum Gasteiger partial charge on any atom is 0.213 e. The summed E-state index contributed by atoms with van der Waals surface area (Å²) >= 11 is 0. The molecule has 1 unspecified atom stereocenters. The van der Waals surface area contributed by atoms with Crippen LogP contribution in [-0.2, 0) is 0 Å². The van der Waals surface area contributed by atoms with Crippen molar-refractivity contribution in [1.29, 1.82) is 0 Å². The zero-order valence-electron chi connectivity index (χ0n) is 11.6. The Morgan fingerprint density at radius 2 is 2.28 bits per heavy atom. The largest absolute Gasteiger partial charge is 0.478 e. The minimum Gasteiger partial charge on any atom is -0.478 e. The smallest absolute Gasteiger partial charge is 0.213 e. The monoisotopic (exact) mass is 248 g/mol. The lowest BCUT2D eigenvalue weighted by Crippen LogP contribution is -2.24. The van der Waals surface area contributed by atoms with Crippen LogP contribution in [-0.4, -0.2) is 29.6 Å². The second kappa shape index (κ2) is 6.74. The minimum atomic E-state index is 0.569. The van der Waals surface area contributed by atoms with Crippen LogP contribution in [0.5, 0.6) is 5.88 Å². The molecule has 1 aliphatic rings. The van der Waals surface area contributed by atoms with E-state index in [4.69, 9.17) is 4.74 Å². The molecule has 1 saturated heterocycles. The number of nitrogens with zero attached hydrogens (tertiary/aromatic N) is 2. The number of likely N-dealkylation sites (tertiary alicyclic amines) is 1. The molecule has 0 radical (unpaired) electrons. The molecule has 0 aliphatic carbocycles. The number of pyridine rings is 1. The fraction of sp³-hybridized carbons (Fsp3) is 0.667. The van der Waals surface area contributed by atoms with Crippen molar-refractivity contribution in [2.45, 2.75) is 45.6 Å². The Hall–Kier alpha value is -1.09. The van der Waals surface area contributed by atoms with E-state index in [1.165, 1.54) is 44.3 Å². The highest BCUT2D eigenvalue weighted by molar-refractivity contribution is 5.21. The molecular formula is C15H24N2O. The molecule has 0 aromatic carbocycles. The van der Waals surface area contributed by atoms with Crippen molar-refractivity contribution in [2.24, 2.45) is 0 Å². The van der Waals surface area contributed by atoms with Gasteiger partial charge >= 0.3 is 0 Å². The molecule has 1 fully saturated rings. The Kier molecular flexibility index (Phi) is 5.00. The van der Waals surface area contributed by atoms with E-state index in [0.717, 1.165) is 5.88 Å². The van der Waals surface area contributed by atoms with Gasteiger partial charge in [-0.2, -0.15) is 0 Å². The Bertz CT molecular complexity index is 350. The highest BCUT2D eigenvalue weighted by atomic mass is 16.5. The fourth-order valence-corrected chi connectivity index (χ4v) is 2.65. The summed E-state index contributed by atoms with van der Waals surface area (Å²) in [6.45, 7) is 7.37. The Morgan fingerprint density at radius 1 is 1.39 bits per heavy atom. The average Bonchev–Trinajstić information content (AvgIpc) is 2.86. The number of unbranched alkanes of at least 4 members (excludes halogenated alkanes) is 1. The Morgan fingerprint density at radius 3 is 2.94 bits per heavy atom. The van der Waals surface area contributed by atoms with Crippen LogP contribution in [0.2, 0.25) is 0 Å². The van der Waals surface area contributed by atoms with Gasteiger partial charge in [-0.25, -0.2) is 4.98 Å². The normalized spacial score (nSPS) is 20.2. The first-order valence-corrected chi connectivity index (χ1v) is 7.18. The molecule has 18 heavy (non-hydrogen) atoms. The molecule has 0 amide bonds. The third-order valence-corrected chi connectivity index (χ3v) is 3.60. The SMILES string of the molecule is CCCCN1CCCC1c1ccc(OCC)nc1. The van der Waals surface area contributed by atoms with Gasteiger partial charge in [0.2, 0.25) is 5.88 Å². The predicted octanol–water partition coefficient (Wildman–Crippen LogP) is 3.42. The van der Waals surface area contributed by atoms with Crippen LogP contribution in [0.3, 0.4) is 0 Å². The topological polar surface area (TPSA) is 25.4 Å². The van der Waals surface area contributed by atoms with Gasteiger partial charge in [-0.1, -0.05) is 19.4 Å². The van der Waals surface area contributed by atoms with E-state index in [9.17, 15) is 0 Å². The summed E-state index contributed by atoms with van der Waals surface area (Å²) in [4.78, 5) is 6.98. The van der Waals surface area contributed by atoms with E-state index in [1.54, 1.807) is 0 Å². The number of ether oxygens (including phenoxy) is 1. The summed E-state index contributed by atoms with van der Waals surface area (Å²) in [5.41, 5.74) is 1.34. The summed E-state index contributed by atoms with van der Waals surface area (Å²) in [7, 11) is 0. The van der Waals surface area contributed by atoms with Crippen LogP contribution in [0.15, 0.2) is 18.3 Å². The van der Waals surface area contributed by atoms with Gasteiger partial charge in [0, 0.05) is 18.3 Å². The fourth-order valence-electron chi connectivity index (χ4n) is 2.65. The maximum absolute atomic E-state index is 5.39. The standard InChI is InChI=1S/C15H24N2O/c1-3-5-10-17-11-6-7-14(17)13-8-9-15(16-12-13)18-4-2/h8-9,12,14H,3-7,10-11H2,1-2H3. The highest BCUT2D eigenvalue weighted by Crippen LogP contribution is 2.32. The Labute approximate surface area is 110 Å². The molecule has 3 nitrogen and oxygen atoms in total. The van der Waals surface area contributed by atoms with Crippen LogP contribution >= 0.6 is 0 Å². The summed E-state index contributed by atoms with van der Waals surface area (Å²) in [6, 6.07) is 4.74. The molecule has 1 aromatic rings. The van der Waals surface area contributed by atoms with E-state index < -0.39 is 0 Å². The lowest BCUT2D eigenvalue weighted by atomic mass is 10.1. The van der Waals surface area contributed by atoms with Gasteiger partial charge in [0.05, 0.1) is 6.61 Å². The van der Waals surface area contributed by atoms with Gasteiger partial charge in [-0.3, -0.25) is 4.90 Å². The molecule has 0 N–H and O–H groups in total. The molecule has 1 aromatic heterocycles. The third-order valence-electron chi connectivity index (χ3n) is 3.60. The van der Waals surface area contributed by atoms with Crippen LogP contribution in [0.1, 0.15) is 51.1 Å². The molecule has 1 aliphatic heterocycles. The molecule has 100 valence electrons. The van der Waals surface area contributed by atoms with Crippen molar-refractivity contribution < 1.29 is 4.74 Å². The van der Waals surface area contributed by atoms with Gasteiger partial charge in [0.15, 0.2) is 0 Å². The number of hydrogen-bond acceptors (Lipinski definition) is 3. The number of aromatic nitrogens is 1. The minimum absolute atomic E-state index is 0.569. The van der Waals surface area contributed by atoms with Crippen molar-refractivity contribution in [3.63, 3.8) is 0 Å². The van der Waals surface area contributed by atoms with Crippen LogP contribution in [0.25, 0.3) is 0 Å². The molecule has 0 spiro atoms. The Balaban J connectivity index is 2.00. The molecule has 3 heteroatoms. The molecule has 1 atom stereocenters. The second-order valence-electron chi connectivity index (χ2n) is 4.91. The summed E-state index contributed by atoms with van der Waals surface area (Å²) in [5.74, 6) is 0.736. The van der Waals surface area contributed by atoms with Gasteiger partial charge in [-0.15, -0.1) is 0 Å². The zero-order chi connectivity index (χ0) is 12.8. The van der Waals surface area contributed by atoms with Crippen molar-refractivity contribution in [3.05, 3.63) is 23.9 Å². The van der Waals surface area contributed by atoms with E-state index in [-0.39, 0.29) is 0 Å². The number of hydrogen-bond donors (Lipinski definition) is 0. The lowest BCUT2D eigenvalue weighted by Gasteiger charge is -2.24. The third kappa shape index (κ3) is 3.22. The van der Waals surface area contributed by atoms with Gasteiger partial charge in [0.1, 0.15) is 0 Å². The summed E-state index contributed by atoms with van der Waals surface area (Å²) < 4.78 is 5.39. The molecule has 0 bridgehead atoms.